The summed E-state index contributed by atoms with van der Waals surface area (Å²) >= 11 is 0. The van der Waals surface area contributed by atoms with Gasteiger partial charge in [0.15, 0.2) is 0 Å². The summed E-state index contributed by atoms with van der Waals surface area (Å²) in [5.41, 5.74) is 0. The van der Waals surface area contributed by atoms with Crippen molar-refractivity contribution >= 4 is 5.97 Å². The van der Waals surface area contributed by atoms with Crippen molar-refractivity contribution in [2.24, 2.45) is 0 Å². The molecule has 0 saturated carbocycles. The van der Waals surface area contributed by atoms with E-state index in [-0.39, 0.29) is 12.1 Å². The van der Waals surface area contributed by atoms with Gasteiger partial charge in [0.1, 0.15) is 0 Å². The van der Waals surface area contributed by atoms with Crippen LogP contribution >= 0.6 is 0 Å². The predicted molar refractivity (Wildman–Crippen MR) is 74.1 cm³/mol. The molecule has 0 unspecified atom stereocenters. The molecule has 0 aliphatic carbocycles. The molecule has 1 N–H and O–H groups in total. The van der Waals surface area contributed by atoms with Gasteiger partial charge in [-0.05, 0) is 20.8 Å². The van der Waals surface area contributed by atoms with Gasteiger partial charge in [-0.1, -0.05) is 46.0 Å². The number of hydrogen-bond donors (Lipinski definition) is 1. The van der Waals surface area contributed by atoms with Gasteiger partial charge in [0.2, 0.25) is 0 Å². The second-order valence-electron chi connectivity index (χ2n) is 4.08. The molecule has 0 fully saturated rings. The predicted octanol–water partition coefficient (Wildman–Crippen LogP) is 3.93. The van der Waals surface area contributed by atoms with Crippen molar-refractivity contribution in [3.05, 3.63) is 0 Å². The van der Waals surface area contributed by atoms with Gasteiger partial charge in [-0.2, -0.15) is 0 Å². The summed E-state index contributed by atoms with van der Waals surface area (Å²) in [7, 11) is 0. The summed E-state index contributed by atoms with van der Waals surface area (Å²) in [4.78, 5) is 9.82. The smallest absolute Gasteiger partial charge is 0.302 e. The monoisotopic (exact) mass is 248 g/mol. The molecule has 0 rings (SSSR count). The summed E-state index contributed by atoms with van der Waals surface area (Å²) in [5, 5.41) is 8.06. The van der Waals surface area contributed by atoms with E-state index in [2.05, 4.69) is 18.6 Å². The molecular weight excluding hydrogens is 216 g/mol. The zero-order valence-corrected chi connectivity index (χ0v) is 12.6. The second kappa shape index (κ2) is 20.8. The normalized spacial score (nSPS) is 8.71. The SMILES string of the molecule is CC(C)O.CCCCCCC.CCOC(C)=O. The average molecular weight is 248 g/mol. The molecule has 0 atom stereocenters. The highest BCUT2D eigenvalue weighted by Crippen LogP contribution is 2.00. The van der Waals surface area contributed by atoms with Crippen LogP contribution in [0.3, 0.4) is 0 Å². The maximum Gasteiger partial charge on any atom is 0.302 e. The van der Waals surface area contributed by atoms with Gasteiger partial charge in [-0.15, -0.1) is 0 Å². The molecule has 0 aromatic carbocycles. The van der Waals surface area contributed by atoms with Crippen LogP contribution in [0.15, 0.2) is 0 Å². The summed E-state index contributed by atoms with van der Waals surface area (Å²) in [6.07, 6.45) is 6.84. The van der Waals surface area contributed by atoms with Crippen LogP contribution in [0.25, 0.3) is 0 Å². The quantitative estimate of drug-likeness (QED) is 0.592. The molecule has 0 aromatic rings. The summed E-state index contributed by atoms with van der Waals surface area (Å²) in [5.74, 6) is -0.211. The molecule has 3 nitrogen and oxygen atoms in total. The Bertz CT molecular complexity index is 127. The number of carbonyl (C=O) groups excluding carboxylic acids is 1. The van der Waals surface area contributed by atoms with Crippen molar-refractivity contribution in [3.63, 3.8) is 0 Å². The zero-order valence-electron chi connectivity index (χ0n) is 12.6. The molecule has 0 radical (unpaired) electrons. The maximum atomic E-state index is 9.82. The van der Waals surface area contributed by atoms with Gasteiger partial charge in [0.25, 0.3) is 0 Å². The third-order valence-electron chi connectivity index (χ3n) is 1.55. The first-order valence-corrected chi connectivity index (χ1v) is 6.73. The summed E-state index contributed by atoms with van der Waals surface area (Å²) < 4.78 is 4.40. The number of rotatable bonds is 5. The number of hydrogen-bond acceptors (Lipinski definition) is 3. The molecular formula is C14H32O3. The first-order valence-electron chi connectivity index (χ1n) is 6.73. The van der Waals surface area contributed by atoms with E-state index in [9.17, 15) is 4.79 Å². The van der Waals surface area contributed by atoms with Crippen LogP contribution in [-0.2, 0) is 9.53 Å². The van der Waals surface area contributed by atoms with Gasteiger partial charge in [0, 0.05) is 13.0 Å². The summed E-state index contributed by atoms with van der Waals surface area (Å²) in [6.45, 7) is 11.6. The molecule has 0 amide bonds. The lowest BCUT2D eigenvalue weighted by Gasteiger charge is -1.90. The molecule has 3 heteroatoms. The van der Waals surface area contributed by atoms with Gasteiger partial charge in [0.05, 0.1) is 6.61 Å². The molecule has 0 heterocycles. The minimum absolute atomic E-state index is 0.167. The number of aliphatic hydroxyl groups is 1. The van der Waals surface area contributed by atoms with Crippen LogP contribution in [0.5, 0.6) is 0 Å². The average Bonchev–Trinajstić information content (AvgIpc) is 2.18. The Hall–Kier alpha value is -0.570. The Labute approximate surface area is 108 Å². The van der Waals surface area contributed by atoms with E-state index in [1.807, 2.05) is 0 Å². The minimum atomic E-state index is -0.211. The third-order valence-corrected chi connectivity index (χ3v) is 1.55. The fourth-order valence-electron chi connectivity index (χ4n) is 0.880. The van der Waals surface area contributed by atoms with E-state index >= 15 is 0 Å². The topological polar surface area (TPSA) is 46.5 Å². The molecule has 0 aliphatic rings. The molecule has 0 saturated heterocycles. The molecule has 0 bridgehead atoms. The van der Waals surface area contributed by atoms with Crippen molar-refractivity contribution in [2.75, 3.05) is 6.61 Å². The van der Waals surface area contributed by atoms with Crippen LogP contribution in [-0.4, -0.2) is 23.8 Å². The number of carbonyl (C=O) groups is 1. The fourth-order valence-corrected chi connectivity index (χ4v) is 0.880. The van der Waals surface area contributed by atoms with Crippen LogP contribution in [0.2, 0.25) is 0 Å². The number of esters is 1. The van der Waals surface area contributed by atoms with Crippen molar-refractivity contribution in [1.82, 2.24) is 0 Å². The standard InChI is InChI=1S/C7H16.C4H8O2.C3H8O/c1-3-5-7-6-4-2;1-3-6-4(2)5;1-3(2)4/h3-7H2,1-2H3;3H2,1-2H3;3-4H,1-2H3. The maximum absolute atomic E-state index is 9.82. The van der Waals surface area contributed by atoms with Gasteiger partial charge in [-0.3, -0.25) is 4.79 Å². The van der Waals surface area contributed by atoms with E-state index in [0.29, 0.717) is 6.61 Å². The Morgan fingerprint density at radius 1 is 1.06 bits per heavy atom. The first-order chi connectivity index (χ1) is 7.92. The molecule has 0 spiro atoms. The Morgan fingerprint density at radius 2 is 1.41 bits per heavy atom. The fraction of sp³-hybridized carbons (Fsp3) is 0.929. The lowest BCUT2D eigenvalue weighted by molar-refractivity contribution is -0.140. The van der Waals surface area contributed by atoms with Gasteiger partial charge >= 0.3 is 5.97 Å². The number of unbranched alkanes of at least 4 members (excludes halogenated alkanes) is 4. The highest BCUT2D eigenvalue weighted by Gasteiger charge is 1.81. The van der Waals surface area contributed by atoms with Crippen molar-refractivity contribution < 1.29 is 14.6 Å². The number of aliphatic hydroxyl groups excluding tert-OH is 1. The van der Waals surface area contributed by atoms with Crippen LogP contribution in [0.1, 0.15) is 73.6 Å². The Balaban J connectivity index is -0.000000180. The molecule has 17 heavy (non-hydrogen) atoms. The van der Waals surface area contributed by atoms with Crippen molar-refractivity contribution in [2.45, 2.75) is 79.8 Å². The van der Waals surface area contributed by atoms with E-state index in [1.165, 1.54) is 39.0 Å². The zero-order chi connectivity index (χ0) is 14.1. The number of ether oxygens (including phenoxy) is 1. The Morgan fingerprint density at radius 3 is 1.53 bits per heavy atom. The van der Waals surface area contributed by atoms with Crippen molar-refractivity contribution in [1.29, 1.82) is 0 Å². The molecule has 0 aliphatic heterocycles. The van der Waals surface area contributed by atoms with Crippen LogP contribution in [0, 0.1) is 0 Å². The third kappa shape index (κ3) is 67.3. The van der Waals surface area contributed by atoms with E-state index in [4.69, 9.17) is 5.11 Å². The second-order valence-corrected chi connectivity index (χ2v) is 4.08. The van der Waals surface area contributed by atoms with E-state index < -0.39 is 0 Å². The van der Waals surface area contributed by atoms with Crippen molar-refractivity contribution in [3.8, 4) is 0 Å². The highest BCUT2D eigenvalue weighted by molar-refractivity contribution is 5.65. The Kier molecular flexibility index (Phi) is 26.5. The molecule has 0 aromatic heterocycles. The van der Waals surface area contributed by atoms with Crippen LogP contribution < -0.4 is 0 Å². The van der Waals surface area contributed by atoms with E-state index in [1.54, 1.807) is 20.8 Å². The van der Waals surface area contributed by atoms with Gasteiger partial charge in [-0.25, -0.2) is 0 Å². The minimum Gasteiger partial charge on any atom is -0.466 e. The summed E-state index contributed by atoms with van der Waals surface area (Å²) in [6, 6.07) is 0. The first kappa shape index (κ1) is 21.7. The highest BCUT2D eigenvalue weighted by atomic mass is 16.5. The lowest BCUT2D eigenvalue weighted by Crippen LogP contribution is -1.95. The molecule has 106 valence electrons. The van der Waals surface area contributed by atoms with E-state index in [0.717, 1.165) is 0 Å². The lowest BCUT2D eigenvalue weighted by atomic mass is 10.2. The van der Waals surface area contributed by atoms with Crippen LogP contribution in [0.4, 0.5) is 0 Å². The van der Waals surface area contributed by atoms with Gasteiger partial charge < -0.3 is 9.84 Å². The largest absolute Gasteiger partial charge is 0.466 e.